The maximum atomic E-state index is 11.4. The van der Waals surface area contributed by atoms with E-state index in [2.05, 4.69) is 15.0 Å². The second kappa shape index (κ2) is 6.08. The number of aromatic hydroxyl groups is 1. The molecule has 118 valence electrons. The molecule has 2 heterocycles. The predicted octanol–water partition coefficient (Wildman–Crippen LogP) is 2.98. The number of nitrogens with zero attached hydrogens (tertiary/aromatic N) is 2. The molecule has 6 heteroatoms. The lowest BCUT2D eigenvalue weighted by Crippen LogP contribution is -2.15. The minimum Gasteiger partial charge on any atom is -0.508 e. The summed E-state index contributed by atoms with van der Waals surface area (Å²) in [5.41, 5.74) is 3.82. The lowest BCUT2D eigenvalue weighted by Gasteiger charge is -2.11. The lowest BCUT2D eigenvalue weighted by atomic mass is 9.94. The number of nitrogens with one attached hydrogen (secondary N) is 1. The minimum atomic E-state index is -0.817. The van der Waals surface area contributed by atoms with E-state index < -0.39 is 11.9 Å². The first-order valence-corrected chi connectivity index (χ1v) is 7.44. The molecule has 23 heavy (non-hydrogen) atoms. The first-order valence-electron chi connectivity index (χ1n) is 7.44. The van der Waals surface area contributed by atoms with E-state index in [1.165, 1.54) is 0 Å². The molecule has 0 radical (unpaired) electrons. The van der Waals surface area contributed by atoms with Crippen molar-refractivity contribution >= 4 is 17.1 Å². The third kappa shape index (κ3) is 2.88. The third-order valence-electron chi connectivity index (χ3n) is 3.98. The Labute approximate surface area is 132 Å². The zero-order valence-electron chi connectivity index (χ0n) is 12.7. The van der Waals surface area contributed by atoms with Gasteiger partial charge < -0.3 is 15.2 Å². The van der Waals surface area contributed by atoms with E-state index in [-0.39, 0.29) is 5.75 Å². The largest absolute Gasteiger partial charge is 0.508 e. The van der Waals surface area contributed by atoms with Crippen molar-refractivity contribution in [2.75, 3.05) is 0 Å². The van der Waals surface area contributed by atoms with Crippen LogP contribution in [-0.4, -0.2) is 31.1 Å². The van der Waals surface area contributed by atoms with Gasteiger partial charge in [-0.15, -0.1) is 0 Å². The average Bonchev–Trinajstić information content (AvgIpc) is 2.91. The van der Waals surface area contributed by atoms with Crippen LogP contribution >= 0.6 is 0 Å². The monoisotopic (exact) mass is 311 g/mol. The number of rotatable bonds is 5. The summed E-state index contributed by atoms with van der Waals surface area (Å²) in [6.45, 7) is 1.86. The molecule has 0 spiro atoms. The van der Waals surface area contributed by atoms with Gasteiger partial charge in [0, 0.05) is 18.0 Å². The number of aliphatic carboxylic acids is 1. The summed E-state index contributed by atoms with van der Waals surface area (Å²) in [4.78, 5) is 23.3. The molecule has 0 aliphatic carbocycles. The predicted molar refractivity (Wildman–Crippen MR) is 86.1 cm³/mol. The van der Waals surface area contributed by atoms with E-state index >= 15 is 0 Å². The molecular weight excluding hydrogens is 294 g/mol. The number of hydrogen-bond acceptors (Lipinski definition) is 4. The van der Waals surface area contributed by atoms with Crippen LogP contribution in [0.1, 0.15) is 18.9 Å². The molecule has 6 nitrogen and oxygen atoms in total. The van der Waals surface area contributed by atoms with Crippen LogP contribution in [0.25, 0.3) is 22.4 Å². The lowest BCUT2D eigenvalue weighted by molar-refractivity contribution is -0.141. The van der Waals surface area contributed by atoms with E-state index in [1.807, 2.05) is 6.92 Å². The number of carboxylic acids is 1. The van der Waals surface area contributed by atoms with Crippen molar-refractivity contribution in [1.82, 2.24) is 15.0 Å². The molecule has 0 amide bonds. The van der Waals surface area contributed by atoms with Crippen molar-refractivity contribution in [1.29, 1.82) is 0 Å². The number of hydrogen-bond donors (Lipinski definition) is 3. The molecule has 3 aromatic rings. The Bertz CT molecular complexity index is 840. The van der Waals surface area contributed by atoms with Gasteiger partial charge in [0.25, 0.3) is 0 Å². The SMILES string of the molecule is CCC(Cc1c(-c2ccc(O)cc2)[nH]c2nccnc12)C(=O)O. The zero-order chi connectivity index (χ0) is 16.4. The number of H-pyrrole nitrogens is 1. The second-order valence-electron chi connectivity index (χ2n) is 5.43. The molecule has 3 rings (SSSR count). The van der Waals surface area contributed by atoms with Crippen LogP contribution in [0.3, 0.4) is 0 Å². The van der Waals surface area contributed by atoms with Crippen molar-refractivity contribution in [3.8, 4) is 17.0 Å². The molecule has 0 saturated heterocycles. The average molecular weight is 311 g/mol. The number of fused-ring (bicyclic) bond motifs is 1. The standard InChI is InChI=1S/C17H17N3O3/c1-2-10(17(22)23)9-13-14(11-3-5-12(21)6-4-11)20-16-15(13)18-7-8-19-16/h3-8,10,21H,2,9H2,1H3,(H,19,20)(H,22,23). The Kier molecular flexibility index (Phi) is 3.97. The fourth-order valence-corrected chi connectivity index (χ4v) is 2.69. The summed E-state index contributed by atoms with van der Waals surface area (Å²) in [5, 5.41) is 18.8. The van der Waals surface area contributed by atoms with Gasteiger partial charge in [0.1, 0.15) is 11.3 Å². The molecule has 0 aliphatic heterocycles. The smallest absolute Gasteiger partial charge is 0.306 e. The van der Waals surface area contributed by atoms with Gasteiger partial charge in [0.2, 0.25) is 0 Å². The molecule has 0 saturated carbocycles. The summed E-state index contributed by atoms with van der Waals surface area (Å²) >= 11 is 0. The Balaban J connectivity index is 2.14. The van der Waals surface area contributed by atoms with Crippen LogP contribution in [0.15, 0.2) is 36.7 Å². The molecule has 2 aromatic heterocycles. The van der Waals surface area contributed by atoms with E-state index in [0.717, 1.165) is 16.8 Å². The van der Waals surface area contributed by atoms with Crippen molar-refractivity contribution in [2.24, 2.45) is 5.92 Å². The number of aromatic amines is 1. The Morgan fingerprint density at radius 2 is 1.91 bits per heavy atom. The fraction of sp³-hybridized carbons (Fsp3) is 0.235. The molecule has 1 unspecified atom stereocenters. The number of phenolic OH excluding ortho intramolecular Hbond substituents is 1. The maximum Gasteiger partial charge on any atom is 0.306 e. The van der Waals surface area contributed by atoms with Crippen molar-refractivity contribution in [3.05, 3.63) is 42.2 Å². The second-order valence-corrected chi connectivity index (χ2v) is 5.43. The van der Waals surface area contributed by atoms with Crippen molar-refractivity contribution in [2.45, 2.75) is 19.8 Å². The summed E-state index contributed by atoms with van der Waals surface area (Å²) in [7, 11) is 0. The van der Waals surface area contributed by atoms with E-state index in [0.29, 0.717) is 24.0 Å². The van der Waals surface area contributed by atoms with E-state index in [1.54, 1.807) is 36.7 Å². The first kappa shape index (κ1) is 15.0. The van der Waals surface area contributed by atoms with Gasteiger partial charge in [-0.25, -0.2) is 4.98 Å². The van der Waals surface area contributed by atoms with Gasteiger partial charge in [0.05, 0.1) is 11.6 Å². The molecular formula is C17H17N3O3. The van der Waals surface area contributed by atoms with Crippen LogP contribution in [0.5, 0.6) is 5.75 Å². The topological polar surface area (TPSA) is 99.1 Å². The van der Waals surface area contributed by atoms with Crippen LogP contribution < -0.4 is 0 Å². The summed E-state index contributed by atoms with van der Waals surface area (Å²) in [6, 6.07) is 6.76. The third-order valence-corrected chi connectivity index (χ3v) is 3.98. The highest BCUT2D eigenvalue weighted by Gasteiger charge is 2.22. The minimum absolute atomic E-state index is 0.180. The molecule has 1 aromatic carbocycles. The normalized spacial score (nSPS) is 12.4. The van der Waals surface area contributed by atoms with Crippen LogP contribution in [0.4, 0.5) is 0 Å². The van der Waals surface area contributed by atoms with Crippen LogP contribution in [0, 0.1) is 5.92 Å². The number of aromatic nitrogens is 3. The van der Waals surface area contributed by atoms with E-state index in [4.69, 9.17) is 0 Å². The highest BCUT2D eigenvalue weighted by molar-refractivity contribution is 5.86. The quantitative estimate of drug-likeness (QED) is 0.672. The van der Waals surface area contributed by atoms with Crippen LogP contribution in [-0.2, 0) is 11.2 Å². The van der Waals surface area contributed by atoms with Gasteiger partial charge in [-0.2, -0.15) is 0 Å². The number of benzene rings is 1. The van der Waals surface area contributed by atoms with Gasteiger partial charge in [-0.3, -0.25) is 9.78 Å². The number of phenols is 1. The van der Waals surface area contributed by atoms with Crippen molar-refractivity contribution < 1.29 is 15.0 Å². The van der Waals surface area contributed by atoms with Gasteiger partial charge >= 0.3 is 5.97 Å². The van der Waals surface area contributed by atoms with Crippen molar-refractivity contribution in [3.63, 3.8) is 0 Å². The van der Waals surface area contributed by atoms with Gasteiger partial charge in [-0.05, 0) is 42.7 Å². The molecule has 0 fully saturated rings. The van der Waals surface area contributed by atoms with Gasteiger partial charge in [0.15, 0.2) is 5.65 Å². The highest BCUT2D eigenvalue weighted by atomic mass is 16.4. The van der Waals surface area contributed by atoms with E-state index in [9.17, 15) is 15.0 Å². The first-order chi connectivity index (χ1) is 11.1. The maximum absolute atomic E-state index is 11.4. The zero-order valence-corrected chi connectivity index (χ0v) is 12.7. The molecule has 0 bridgehead atoms. The Hall–Kier alpha value is -2.89. The van der Waals surface area contributed by atoms with Crippen LogP contribution in [0.2, 0.25) is 0 Å². The summed E-state index contributed by atoms with van der Waals surface area (Å²) in [6.07, 6.45) is 4.11. The Morgan fingerprint density at radius 3 is 2.57 bits per heavy atom. The molecule has 1 atom stereocenters. The summed E-state index contributed by atoms with van der Waals surface area (Å²) in [5.74, 6) is -1.12. The molecule has 3 N–H and O–H groups in total. The van der Waals surface area contributed by atoms with Gasteiger partial charge in [-0.1, -0.05) is 6.92 Å². The summed E-state index contributed by atoms with van der Waals surface area (Å²) < 4.78 is 0. The highest BCUT2D eigenvalue weighted by Crippen LogP contribution is 2.31. The number of carboxylic acid groups (broad SMARTS) is 1. The fourth-order valence-electron chi connectivity index (χ4n) is 2.69. The number of carbonyl (C=O) groups is 1. The Morgan fingerprint density at radius 1 is 1.22 bits per heavy atom. The molecule has 0 aliphatic rings.